The Bertz CT molecular complexity index is 461. The van der Waals surface area contributed by atoms with Crippen LogP contribution >= 0.6 is 0 Å². The van der Waals surface area contributed by atoms with Gasteiger partial charge in [-0.15, -0.1) is 0 Å². The third-order valence-corrected chi connectivity index (χ3v) is 3.54. The molecule has 0 aliphatic rings. The maximum Gasteiger partial charge on any atom is 0.303 e. The number of hydrogen-bond donors (Lipinski definition) is 3. The van der Waals surface area contributed by atoms with Crippen molar-refractivity contribution in [3.05, 3.63) is 48.0 Å². The van der Waals surface area contributed by atoms with E-state index < -0.39 is 5.97 Å². The normalized spacial score (nSPS) is 13.0. The Labute approximate surface area is 151 Å². The van der Waals surface area contributed by atoms with E-state index in [1.54, 1.807) is 6.08 Å². The topological polar surface area (TPSA) is 87.0 Å². The molecule has 0 rings (SSSR count). The second-order valence-electron chi connectivity index (χ2n) is 5.82. The zero-order chi connectivity index (χ0) is 18.8. The lowest BCUT2D eigenvalue weighted by atomic mass is 10.1. The van der Waals surface area contributed by atoms with Crippen LogP contribution in [0, 0.1) is 0 Å². The summed E-state index contributed by atoms with van der Waals surface area (Å²) in [6, 6.07) is 0. The van der Waals surface area contributed by atoms with Crippen LogP contribution in [-0.2, 0) is 9.68 Å². The van der Waals surface area contributed by atoms with Crippen molar-refractivity contribution in [1.82, 2.24) is 0 Å². The van der Waals surface area contributed by atoms with E-state index in [0.29, 0.717) is 43.6 Å². The molecule has 0 aliphatic carbocycles. The first-order valence-corrected chi connectivity index (χ1v) is 9.00. The average Bonchev–Trinajstić information content (AvgIpc) is 2.58. The lowest BCUT2D eigenvalue weighted by Crippen LogP contribution is -1.92. The molecule has 0 atom stereocenters. The maximum absolute atomic E-state index is 10.4. The molecule has 0 unspecified atom stereocenters. The van der Waals surface area contributed by atoms with Gasteiger partial charge in [0.15, 0.2) is 0 Å². The predicted octanol–water partition coefficient (Wildman–Crippen LogP) is 5.92. The molecule has 25 heavy (non-hydrogen) atoms. The van der Waals surface area contributed by atoms with Gasteiger partial charge in [0.05, 0.1) is 5.76 Å². The highest BCUT2D eigenvalue weighted by molar-refractivity contribution is 5.66. The van der Waals surface area contributed by atoms with Gasteiger partial charge in [-0.2, -0.15) is 0 Å². The molecule has 0 spiro atoms. The molecule has 5 heteroatoms. The van der Waals surface area contributed by atoms with Gasteiger partial charge in [-0.05, 0) is 44.3 Å². The second-order valence-corrected chi connectivity index (χ2v) is 5.82. The van der Waals surface area contributed by atoms with Crippen molar-refractivity contribution in [3.63, 3.8) is 0 Å². The Morgan fingerprint density at radius 1 is 0.920 bits per heavy atom. The van der Waals surface area contributed by atoms with Crippen LogP contribution in [0.15, 0.2) is 48.0 Å². The van der Waals surface area contributed by atoms with Crippen molar-refractivity contribution in [2.24, 2.45) is 0 Å². The van der Waals surface area contributed by atoms with Crippen molar-refractivity contribution in [2.75, 3.05) is 0 Å². The molecule has 0 aromatic rings. The Morgan fingerprint density at radius 3 is 2.28 bits per heavy atom. The number of aliphatic carboxylic acids is 1. The maximum atomic E-state index is 10.4. The molecule has 0 saturated heterocycles. The van der Waals surface area contributed by atoms with Crippen molar-refractivity contribution in [3.8, 4) is 0 Å². The van der Waals surface area contributed by atoms with E-state index in [1.165, 1.54) is 0 Å². The summed E-state index contributed by atoms with van der Waals surface area (Å²) in [5.41, 5.74) is 0. The average molecular weight is 352 g/mol. The minimum absolute atomic E-state index is 0.164. The molecule has 0 amide bonds. The zero-order valence-electron chi connectivity index (χ0n) is 15.2. The van der Waals surface area contributed by atoms with Crippen LogP contribution in [0.5, 0.6) is 0 Å². The summed E-state index contributed by atoms with van der Waals surface area (Å²) in [4.78, 5) is 14.7. The highest BCUT2D eigenvalue weighted by Gasteiger charge is 1.96. The van der Waals surface area contributed by atoms with Crippen LogP contribution in [0.25, 0.3) is 0 Å². The minimum Gasteiger partial charge on any atom is -0.513 e. The Balaban J connectivity index is 3.96. The first kappa shape index (κ1) is 23.0. The molecule has 142 valence electrons. The largest absolute Gasteiger partial charge is 0.513 e. The van der Waals surface area contributed by atoms with Gasteiger partial charge in [0, 0.05) is 19.3 Å². The zero-order valence-corrected chi connectivity index (χ0v) is 15.2. The molecule has 0 radical (unpaired) electrons. The third kappa shape index (κ3) is 16.6. The summed E-state index contributed by atoms with van der Waals surface area (Å²) in [6.07, 6.45) is 18.5. The van der Waals surface area contributed by atoms with Crippen LogP contribution in [0.3, 0.4) is 0 Å². The molecule has 0 aromatic carbocycles. The van der Waals surface area contributed by atoms with Gasteiger partial charge in [0.1, 0.15) is 5.76 Å². The monoisotopic (exact) mass is 352 g/mol. The van der Waals surface area contributed by atoms with Crippen molar-refractivity contribution in [2.45, 2.75) is 71.1 Å². The summed E-state index contributed by atoms with van der Waals surface area (Å²) in [5, 5.41) is 27.0. The molecule has 0 aliphatic heterocycles. The first-order chi connectivity index (χ1) is 12.1. The fourth-order valence-electron chi connectivity index (χ4n) is 2.10. The quantitative estimate of drug-likeness (QED) is 0.112. The fraction of sp³-hybridized carbons (Fsp3) is 0.550. The number of unbranched alkanes of at least 4 members (excludes halogenated alkanes) is 3. The van der Waals surface area contributed by atoms with E-state index >= 15 is 0 Å². The standard InChI is InChI=1S/C20H32O5/c1-2-3-8-13-18(21)14-9-4-5-10-15-19(25-24)16-11-6-7-12-17-20(22)23/h4-6,11,14-15,21,24H,2-3,7-10,12-13,16-17H2,1H3,(H,22,23)/b5-4-,11-6-,18-14+,19-15+. The molecule has 0 saturated carbocycles. The van der Waals surface area contributed by atoms with Gasteiger partial charge in [0.2, 0.25) is 0 Å². The molecular weight excluding hydrogens is 320 g/mol. The molecule has 0 aromatic heterocycles. The van der Waals surface area contributed by atoms with Crippen LogP contribution in [0.1, 0.15) is 71.1 Å². The lowest BCUT2D eigenvalue weighted by molar-refractivity contribution is -0.204. The summed E-state index contributed by atoms with van der Waals surface area (Å²) in [7, 11) is 0. The molecule has 5 nitrogen and oxygen atoms in total. The van der Waals surface area contributed by atoms with E-state index in [9.17, 15) is 9.90 Å². The number of rotatable bonds is 15. The first-order valence-electron chi connectivity index (χ1n) is 9.00. The number of allylic oxidation sites excluding steroid dienone is 7. The summed E-state index contributed by atoms with van der Waals surface area (Å²) < 4.78 is 0. The van der Waals surface area contributed by atoms with Crippen molar-refractivity contribution >= 4 is 5.97 Å². The molecule has 0 bridgehead atoms. The Kier molecular flexibility index (Phi) is 15.5. The van der Waals surface area contributed by atoms with Crippen LogP contribution in [0.4, 0.5) is 0 Å². The van der Waals surface area contributed by atoms with E-state index in [0.717, 1.165) is 25.7 Å². The van der Waals surface area contributed by atoms with Gasteiger partial charge in [-0.25, -0.2) is 5.26 Å². The van der Waals surface area contributed by atoms with E-state index in [2.05, 4.69) is 11.8 Å². The Morgan fingerprint density at radius 2 is 1.64 bits per heavy atom. The van der Waals surface area contributed by atoms with Crippen LogP contribution in [0.2, 0.25) is 0 Å². The van der Waals surface area contributed by atoms with Crippen molar-refractivity contribution in [1.29, 1.82) is 0 Å². The summed E-state index contributed by atoms with van der Waals surface area (Å²) in [6.45, 7) is 2.14. The molecule has 0 fully saturated rings. The summed E-state index contributed by atoms with van der Waals surface area (Å²) in [5.74, 6) is 0.113. The number of aliphatic hydroxyl groups excluding tert-OH is 1. The minimum atomic E-state index is -0.788. The van der Waals surface area contributed by atoms with Gasteiger partial charge < -0.3 is 15.1 Å². The second kappa shape index (κ2) is 16.8. The van der Waals surface area contributed by atoms with Gasteiger partial charge in [-0.1, -0.05) is 44.1 Å². The Hall–Kier alpha value is -2.01. The van der Waals surface area contributed by atoms with E-state index in [4.69, 9.17) is 10.4 Å². The number of carboxylic acid groups (broad SMARTS) is 1. The SMILES string of the molecule is CCCCC/C(O)=C\C/C=C\C/C=C(\C/C=C\CCCC(=O)O)OO. The van der Waals surface area contributed by atoms with Crippen LogP contribution in [-0.4, -0.2) is 21.4 Å². The third-order valence-electron chi connectivity index (χ3n) is 3.54. The fourth-order valence-corrected chi connectivity index (χ4v) is 2.10. The van der Waals surface area contributed by atoms with Crippen LogP contribution < -0.4 is 0 Å². The van der Waals surface area contributed by atoms with Gasteiger partial charge in [-0.3, -0.25) is 4.79 Å². The van der Waals surface area contributed by atoms with E-state index in [-0.39, 0.29) is 6.42 Å². The smallest absolute Gasteiger partial charge is 0.303 e. The molecular formula is C20H32O5. The lowest BCUT2D eigenvalue weighted by Gasteiger charge is -1.99. The number of aliphatic hydroxyl groups is 1. The number of hydrogen-bond acceptors (Lipinski definition) is 4. The number of carbonyl (C=O) groups is 1. The predicted molar refractivity (Wildman–Crippen MR) is 100 cm³/mol. The van der Waals surface area contributed by atoms with Gasteiger partial charge >= 0.3 is 5.97 Å². The molecule has 0 heterocycles. The number of carboxylic acids is 1. The summed E-state index contributed by atoms with van der Waals surface area (Å²) >= 11 is 0. The van der Waals surface area contributed by atoms with Crippen molar-refractivity contribution < 1.29 is 25.2 Å². The highest BCUT2D eigenvalue weighted by Crippen LogP contribution is 2.08. The highest BCUT2D eigenvalue weighted by atomic mass is 17.1. The molecule has 3 N–H and O–H groups in total. The van der Waals surface area contributed by atoms with E-state index in [1.807, 2.05) is 30.4 Å². The van der Waals surface area contributed by atoms with Gasteiger partial charge in [0.25, 0.3) is 0 Å².